The SMILES string of the molecule is CCCCC(=O)NC(CCS(=O)(=O)CC)C(=O)O. The number of hydrogen-bond acceptors (Lipinski definition) is 4. The number of rotatable bonds is 9. The molecule has 0 heterocycles. The van der Waals surface area contributed by atoms with Crippen LogP contribution in [0.4, 0.5) is 0 Å². The normalized spacial score (nSPS) is 13.0. The van der Waals surface area contributed by atoms with E-state index >= 15 is 0 Å². The molecule has 1 amide bonds. The monoisotopic (exact) mass is 279 g/mol. The van der Waals surface area contributed by atoms with Crippen LogP contribution in [0.15, 0.2) is 0 Å². The van der Waals surface area contributed by atoms with Gasteiger partial charge in [-0.2, -0.15) is 0 Å². The summed E-state index contributed by atoms with van der Waals surface area (Å²) in [4.78, 5) is 22.3. The number of unbranched alkanes of at least 4 members (excludes halogenated alkanes) is 1. The van der Waals surface area contributed by atoms with Gasteiger partial charge in [-0.3, -0.25) is 4.79 Å². The molecule has 1 unspecified atom stereocenters. The molecule has 0 aliphatic carbocycles. The van der Waals surface area contributed by atoms with E-state index in [2.05, 4.69) is 5.32 Å². The van der Waals surface area contributed by atoms with E-state index in [0.29, 0.717) is 6.42 Å². The predicted octanol–water partition coefficient (Wildman–Crippen LogP) is 0.571. The highest BCUT2D eigenvalue weighted by Crippen LogP contribution is 2.01. The first-order valence-electron chi connectivity index (χ1n) is 6.05. The number of carboxylic acid groups (broad SMARTS) is 1. The van der Waals surface area contributed by atoms with Crippen LogP contribution < -0.4 is 5.32 Å². The van der Waals surface area contributed by atoms with Gasteiger partial charge in [-0.1, -0.05) is 20.3 Å². The molecule has 0 aromatic heterocycles. The van der Waals surface area contributed by atoms with Gasteiger partial charge in [-0.05, 0) is 12.8 Å². The van der Waals surface area contributed by atoms with Gasteiger partial charge in [-0.25, -0.2) is 13.2 Å². The smallest absolute Gasteiger partial charge is 0.326 e. The van der Waals surface area contributed by atoms with E-state index in [-0.39, 0.29) is 30.3 Å². The molecule has 6 nitrogen and oxygen atoms in total. The molecule has 0 aliphatic rings. The minimum Gasteiger partial charge on any atom is -0.480 e. The third kappa shape index (κ3) is 7.26. The fourth-order valence-corrected chi connectivity index (χ4v) is 2.19. The fourth-order valence-electron chi connectivity index (χ4n) is 1.30. The second kappa shape index (κ2) is 8.07. The summed E-state index contributed by atoms with van der Waals surface area (Å²) in [6, 6.07) is -1.13. The van der Waals surface area contributed by atoms with Crippen molar-refractivity contribution in [3.63, 3.8) is 0 Å². The minimum atomic E-state index is -3.22. The molecule has 0 aromatic rings. The average molecular weight is 279 g/mol. The van der Waals surface area contributed by atoms with Crippen molar-refractivity contribution < 1.29 is 23.1 Å². The van der Waals surface area contributed by atoms with Crippen LogP contribution >= 0.6 is 0 Å². The van der Waals surface area contributed by atoms with E-state index < -0.39 is 21.8 Å². The van der Waals surface area contributed by atoms with Gasteiger partial charge >= 0.3 is 5.97 Å². The Morgan fingerprint density at radius 3 is 2.33 bits per heavy atom. The van der Waals surface area contributed by atoms with Gasteiger partial charge in [0, 0.05) is 12.2 Å². The van der Waals surface area contributed by atoms with Gasteiger partial charge in [0.25, 0.3) is 0 Å². The number of hydrogen-bond donors (Lipinski definition) is 2. The number of carboxylic acids is 1. The molecule has 2 N–H and O–H groups in total. The van der Waals surface area contributed by atoms with Crippen molar-refractivity contribution in [3.8, 4) is 0 Å². The molecular formula is C11H21NO5S. The Bertz CT molecular complexity index is 377. The molecule has 0 radical (unpaired) electrons. The Kier molecular flexibility index (Phi) is 7.58. The quantitative estimate of drug-likeness (QED) is 0.642. The highest BCUT2D eigenvalue weighted by atomic mass is 32.2. The Labute approximate surface area is 108 Å². The zero-order chi connectivity index (χ0) is 14.2. The Balaban J connectivity index is 4.32. The second-order valence-electron chi connectivity index (χ2n) is 4.09. The third-order valence-corrected chi connectivity index (χ3v) is 4.29. The molecule has 0 rings (SSSR count). The first-order chi connectivity index (χ1) is 8.32. The first-order valence-corrected chi connectivity index (χ1v) is 7.87. The Morgan fingerprint density at radius 1 is 1.28 bits per heavy atom. The number of sulfone groups is 1. The van der Waals surface area contributed by atoms with Gasteiger partial charge in [0.1, 0.15) is 15.9 Å². The van der Waals surface area contributed by atoms with Gasteiger partial charge in [0.2, 0.25) is 5.91 Å². The summed E-state index contributed by atoms with van der Waals surface area (Å²) in [5, 5.41) is 11.3. The number of carbonyl (C=O) groups excluding carboxylic acids is 1. The summed E-state index contributed by atoms with van der Waals surface area (Å²) >= 11 is 0. The predicted molar refractivity (Wildman–Crippen MR) is 68.0 cm³/mol. The zero-order valence-corrected chi connectivity index (χ0v) is 11.6. The first kappa shape index (κ1) is 16.9. The summed E-state index contributed by atoms with van der Waals surface area (Å²) in [7, 11) is -3.22. The summed E-state index contributed by atoms with van der Waals surface area (Å²) in [5.41, 5.74) is 0. The summed E-state index contributed by atoms with van der Waals surface area (Å²) < 4.78 is 22.6. The Hall–Kier alpha value is -1.11. The van der Waals surface area contributed by atoms with Crippen LogP contribution in [0.25, 0.3) is 0 Å². The number of carbonyl (C=O) groups is 2. The van der Waals surface area contributed by atoms with E-state index in [9.17, 15) is 18.0 Å². The van der Waals surface area contributed by atoms with Crippen molar-refractivity contribution in [2.45, 2.75) is 45.6 Å². The average Bonchev–Trinajstić information content (AvgIpc) is 2.31. The van der Waals surface area contributed by atoms with Crippen molar-refractivity contribution in [3.05, 3.63) is 0 Å². The standard InChI is InChI=1S/C11H21NO5S/c1-3-5-6-10(13)12-9(11(14)15)7-8-18(16,17)4-2/h9H,3-8H2,1-2H3,(H,12,13)(H,14,15). The van der Waals surface area contributed by atoms with Crippen molar-refractivity contribution in [2.75, 3.05) is 11.5 Å². The van der Waals surface area contributed by atoms with Crippen LogP contribution in [0.2, 0.25) is 0 Å². The van der Waals surface area contributed by atoms with Crippen molar-refractivity contribution >= 4 is 21.7 Å². The van der Waals surface area contributed by atoms with E-state index in [1.807, 2.05) is 6.92 Å². The molecule has 1 atom stereocenters. The van der Waals surface area contributed by atoms with Gasteiger partial charge < -0.3 is 10.4 Å². The number of amides is 1. The lowest BCUT2D eigenvalue weighted by Gasteiger charge is -2.14. The van der Waals surface area contributed by atoms with Crippen molar-refractivity contribution in [1.82, 2.24) is 5.32 Å². The minimum absolute atomic E-state index is 0.0247. The van der Waals surface area contributed by atoms with Crippen LogP contribution in [0.1, 0.15) is 39.5 Å². The van der Waals surface area contributed by atoms with Crippen LogP contribution in [-0.4, -0.2) is 42.9 Å². The lowest BCUT2D eigenvalue weighted by molar-refractivity contribution is -0.141. The third-order valence-electron chi connectivity index (χ3n) is 2.55. The van der Waals surface area contributed by atoms with Gasteiger partial charge in [0.15, 0.2) is 0 Å². The summed E-state index contributed by atoms with van der Waals surface area (Å²) in [5.74, 6) is -1.80. The lowest BCUT2D eigenvalue weighted by Crippen LogP contribution is -2.41. The van der Waals surface area contributed by atoms with Crippen molar-refractivity contribution in [1.29, 1.82) is 0 Å². The van der Waals surface area contributed by atoms with E-state index in [1.165, 1.54) is 6.92 Å². The molecule has 0 bridgehead atoms. The molecule has 7 heteroatoms. The van der Waals surface area contributed by atoms with Gasteiger partial charge in [-0.15, -0.1) is 0 Å². The molecule has 0 saturated heterocycles. The maximum absolute atomic E-state index is 11.4. The number of nitrogens with one attached hydrogen (secondary N) is 1. The molecule has 0 fully saturated rings. The lowest BCUT2D eigenvalue weighted by atomic mass is 10.2. The highest BCUT2D eigenvalue weighted by Gasteiger charge is 2.22. The maximum atomic E-state index is 11.4. The fraction of sp³-hybridized carbons (Fsp3) is 0.818. The van der Waals surface area contributed by atoms with Crippen LogP contribution in [-0.2, 0) is 19.4 Å². The molecule has 18 heavy (non-hydrogen) atoms. The second-order valence-corrected chi connectivity index (χ2v) is 6.56. The van der Waals surface area contributed by atoms with E-state index in [1.54, 1.807) is 0 Å². The molecular weight excluding hydrogens is 258 g/mol. The molecule has 0 saturated carbocycles. The molecule has 0 aliphatic heterocycles. The maximum Gasteiger partial charge on any atom is 0.326 e. The summed E-state index contributed by atoms with van der Waals surface area (Å²) in [6.45, 7) is 3.43. The Morgan fingerprint density at radius 2 is 1.89 bits per heavy atom. The van der Waals surface area contributed by atoms with E-state index in [0.717, 1.165) is 6.42 Å². The van der Waals surface area contributed by atoms with Crippen molar-refractivity contribution in [2.24, 2.45) is 0 Å². The largest absolute Gasteiger partial charge is 0.480 e. The topological polar surface area (TPSA) is 101 Å². The highest BCUT2D eigenvalue weighted by molar-refractivity contribution is 7.91. The summed E-state index contributed by atoms with van der Waals surface area (Å²) in [6.07, 6.45) is 1.70. The molecule has 106 valence electrons. The zero-order valence-electron chi connectivity index (χ0n) is 10.8. The van der Waals surface area contributed by atoms with Gasteiger partial charge in [0.05, 0.1) is 5.75 Å². The molecule has 0 spiro atoms. The number of aliphatic carboxylic acids is 1. The van der Waals surface area contributed by atoms with Crippen LogP contribution in [0.5, 0.6) is 0 Å². The van der Waals surface area contributed by atoms with Crippen LogP contribution in [0.3, 0.4) is 0 Å². The molecule has 0 aromatic carbocycles. The van der Waals surface area contributed by atoms with E-state index in [4.69, 9.17) is 5.11 Å². The van der Waals surface area contributed by atoms with Crippen LogP contribution in [0, 0.1) is 0 Å².